The lowest BCUT2D eigenvalue weighted by Gasteiger charge is -2.09. The molecule has 0 saturated carbocycles. The number of rotatable bonds is 5. The third-order valence-electron chi connectivity index (χ3n) is 2.11. The molecular weight excluding hydrogens is 202 g/mol. The van der Waals surface area contributed by atoms with E-state index in [9.17, 15) is 4.79 Å². The van der Waals surface area contributed by atoms with Crippen LogP contribution in [0, 0.1) is 5.92 Å². The molecule has 0 bridgehead atoms. The Balaban J connectivity index is 2.57. The molecule has 0 aromatic heterocycles. The molecule has 0 fully saturated rings. The van der Waals surface area contributed by atoms with E-state index in [1.165, 1.54) is 0 Å². The van der Waals surface area contributed by atoms with Crippen LogP contribution in [0.25, 0.3) is 0 Å². The zero-order chi connectivity index (χ0) is 12.0. The van der Waals surface area contributed by atoms with Gasteiger partial charge in [-0.25, -0.2) is 4.79 Å². The fourth-order valence-corrected chi connectivity index (χ4v) is 1.26. The minimum absolute atomic E-state index is 0.266. The Hall–Kier alpha value is -1.51. The van der Waals surface area contributed by atoms with Gasteiger partial charge in [-0.3, -0.25) is 0 Å². The number of anilines is 1. The van der Waals surface area contributed by atoms with Gasteiger partial charge >= 0.3 is 5.97 Å². The standard InChI is InChI=1S/C13H19NO2/c1-4-16-13(15)11-5-7-12(8-6-11)14-9-10(2)3/h5-8,10,14H,4,9H2,1-3H3. The van der Waals surface area contributed by atoms with Crippen LogP contribution in [0.2, 0.25) is 0 Å². The maximum Gasteiger partial charge on any atom is 0.338 e. The molecule has 1 aromatic carbocycles. The molecule has 0 saturated heterocycles. The first kappa shape index (κ1) is 12.6. The number of carbonyl (C=O) groups is 1. The summed E-state index contributed by atoms with van der Waals surface area (Å²) in [6.07, 6.45) is 0. The fraction of sp³-hybridized carbons (Fsp3) is 0.462. The van der Waals surface area contributed by atoms with Crippen LogP contribution in [0.3, 0.4) is 0 Å². The first-order valence-electron chi connectivity index (χ1n) is 5.64. The largest absolute Gasteiger partial charge is 0.462 e. The predicted octanol–water partition coefficient (Wildman–Crippen LogP) is 2.93. The number of nitrogens with one attached hydrogen (secondary N) is 1. The second-order valence-electron chi connectivity index (χ2n) is 4.07. The van der Waals surface area contributed by atoms with E-state index in [0.717, 1.165) is 12.2 Å². The summed E-state index contributed by atoms with van der Waals surface area (Å²) < 4.78 is 4.91. The Morgan fingerprint density at radius 3 is 2.44 bits per heavy atom. The third-order valence-corrected chi connectivity index (χ3v) is 2.11. The molecule has 0 amide bonds. The Morgan fingerprint density at radius 2 is 1.94 bits per heavy atom. The van der Waals surface area contributed by atoms with E-state index in [2.05, 4.69) is 19.2 Å². The maximum absolute atomic E-state index is 11.4. The van der Waals surface area contributed by atoms with Crippen molar-refractivity contribution < 1.29 is 9.53 Å². The molecule has 1 N–H and O–H groups in total. The Morgan fingerprint density at radius 1 is 1.31 bits per heavy atom. The monoisotopic (exact) mass is 221 g/mol. The van der Waals surface area contributed by atoms with E-state index < -0.39 is 0 Å². The molecule has 0 unspecified atom stereocenters. The van der Waals surface area contributed by atoms with Gasteiger partial charge in [-0.2, -0.15) is 0 Å². The maximum atomic E-state index is 11.4. The summed E-state index contributed by atoms with van der Waals surface area (Å²) in [6.45, 7) is 7.45. The van der Waals surface area contributed by atoms with Crippen molar-refractivity contribution in [2.75, 3.05) is 18.5 Å². The zero-order valence-electron chi connectivity index (χ0n) is 10.1. The fourth-order valence-electron chi connectivity index (χ4n) is 1.26. The average Bonchev–Trinajstić information content (AvgIpc) is 2.27. The minimum atomic E-state index is -0.266. The number of hydrogen-bond donors (Lipinski definition) is 1. The SMILES string of the molecule is CCOC(=O)c1ccc(NCC(C)C)cc1. The first-order valence-corrected chi connectivity index (χ1v) is 5.64. The second-order valence-corrected chi connectivity index (χ2v) is 4.07. The number of benzene rings is 1. The van der Waals surface area contributed by atoms with Crippen LogP contribution in [0.1, 0.15) is 31.1 Å². The summed E-state index contributed by atoms with van der Waals surface area (Å²) in [7, 11) is 0. The quantitative estimate of drug-likeness (QED) is 0.777. The number of ether oxygens (including phenoxy) is 1. The smallest absolute Gasteiger partial charge is 0.338 e. The van der Waals surface area contributed by atoms with Crippen LogP contribution in [0.15, 0.2) is 24.3 Å². The van der Waals surface area contributed by atoms with Crippen LogP contribution < -0.4 is 5.32 Å². The van der Waals surface area contributed by atoms with E-state index in [1.807, 2.05) is 12.1 Å². The van der Waals surface area contributed by atoms with Gasteiger partial charge in [-0.15, -0.1) is 0 Å². The Bertz CT molecular complexity index is 330. The van der Waals surface area contributed by atoms with Crippen molar-refractivity contribution in [2.45, 2.75) is 20.8 Å². The molecule has 0 spiro atoms. The lowest BCUT2D eigenvalue weighted by Crippen LogP contribution is -2.08. The number of carbonyl (C=O) groups excluding carboxylic acids is 1. The van der Waals surface area contributed by atoms with Crippen LogP contribution in [0.4, 0.5) is 5.69 Å². The molecule has 16 heavy (non-hydrogen) atoms. The van der Waals surface area contributed by atoms with Crippen molar-refractivity contribution in [1.82, 2.24) is 0 Å². The van der Waals surface area contributed by atoms with Crippen molar-refractivity contribution in [1.29, 1.82) is 0 Å². The lowest BCUT2D eigenvalue weighted by molar-refractivity contribution is 0.0526. The van der Waals surface area contributed by atoms with Crippen LogP contribution in [0.5, 0.6) is 0 Å². The molecule has 0 aliphatic heterocycles. The lowest BCUT2D eigenvalue weighted by atomic mass is 10.2. The topological polar surface area (TPSA) is 38.3 Å². The molecule has 0 atom stereocenters. The molecule has 3 heteroatoms. The van der Waals surface area contributed by atoms with Crippen molar-refractivity contribution >= 4 is 11.7 Å². The Labute approximate surface area is 96.8 Å². The van der Waals surface area contributed by atoms with Crippen LogP contribution in [-0.4, -0.2) is 19.1 Å². The van der Waals surface area contributed by atoms with Gasteiger partial charge < -0.3 is 10.1 Å². The highest BCUT2D eigenvalue weighted by Crippen LogP contribution is 2.11. The van der Waals surface area contributed by atoms with Gasteiger partial charge in [-0.05, 0) is 37.1 Å². The molecule has 88 valence electrons. The minimum Gasteiger partial charge on any atom is -0.462 e. The van der Waals surface area contributed by atoms with E-state index in [-0.39, 0.29) is 5.97 Å². The average molecular weight is 221 g/mol. The molecule has 0 heterocycles. The molecule has 1 rings (SSSR count). The van der Waals surface area contributed by atoms with Gasteiger partial charge in [0.15, 0.2) is 0 Å². The third kappa shape index (κ3) is 3.93. The van der Waals surface area contributed by atoms with Crippen molar-refractivity contribution in [2.24, 2.45) is 5.92 Å². The zero-order valence-corrected chi connectivity index (χ0v) is 10.1. The predicted molar refractivity (Wildman–Crippen MR) is 65.7 cm³/mol. The van der Waals surface area contributed by atoms with Crippen molar-refractivity contribution in [3.8, 4) is 0 Å². The van der Waals surface area contributed by atoms with Crippen molar-refractivity contribution in [3.05, 3.63) is 29.8 Å². The molecule has 0 aliphatic rings. The van der Waals surface area contributed by atoms with E-state index in [4.69, 9.17) is 4.74 Å². The number of hydrogen-bond acceptors (Lipinski definition) is 3. The summed E-state index contributed by atoms with van der Waals surface area (Å²) in [5, 5.41) is 3.29. The second kappa shape index (κ2) is 6.16. The van der Waals surface area contributed by atoms with E-state index in [1.54, 1.807) is 19.1 Å². The highest BCUT2D eigenvalue weighted by atomic mass is 16.5. The number of esters is 1. The molecule has 0 radical (unpaired) electrons. The van der Waals surface area contributed by atoms with Crippen molar-refractivity contribution in [3.63, 3.8) is 0 Å². The van der Waals surface area contributed by atoms with E-state index in [0.29, 0.717) is 18.1 Å². The van der Waals surface area contributed by atoms with Gasteiger partial charge in [0.1, 0.15) is 0 Å². The van der Waals surface area contributed by atoms with E-state index >= 15 is 0 Å². The molecule has 0 aliphatic carbocycles. The summed E-state index contributed by atoms with van der Waals surface area (Å²) in [5.41, 5.74) is 1.62. The highest BCUT2D eigenvalue weighted by molar-refractivity contribution is 5.89. The summed E-state index contributed by atoms with van der Waals surface area (Å²) in [4.78, 5) is 11.4. The molecule has 3 nitrogen and oxygen atoms in total. The van der Waals surface area contributed by atoms with Crippen LogP contribution >= 0.6 is 0 Å². The van der Waals surface area contributed by atoms with Gasteiger partial charge in [0.2, 0.25) is 0 Å². The molecular formula is C13H19NO2. The Kier molecular flexibility index (Phi) is 4.83. The van der Waals surface area contributed by atoms with Gasteiger partial charge in [0, 0.05) is 12.2 Å². The van der Waals surface area contributed by atoms with Gasteiger partial charge in [0.05, 0.1) is 12.2 Å². The van der Waals surface area contributed by atoms with Gasteiger partial charge in [-0.1, -0.05) is 13.8 Å². The normalized spacial score (nSPS) is 10.2. The summed E-state index contributed by atoms with van der Waals surface area (Å²) >= 11 is 0. The van der Waals surface area contributed by atoms with Crippen LogP contribution in [-0.2, 0) is 4.74 Å². The first-order chi connectivity index (χ1) is 7.63. The van der Waals surface area contributed by atoms with Gasteiger partial charge in [0.25, 0.3) is 0 Å². The highest BCUT2D eigenvalue weighted by Gasteiger charge is 2.05. The summed E-state index contributed by atoms with van der Waals surface area (Å²) in [5.74, 6) is 0.336. The molecule has 1 aromatic rings. The summed E-state index contributed by atoms with van der Waals surface area (Å²) in [6, 6.07) is 7.35.